The molecule has 1 fully saturated rings. The van der Waals surface area contributed by atoms with Crippen molar-refractivity contribution in [2.45, 2.75) is 57.3 Å². The molecule has 0 heterocycles. The zero-order chi connectivity index (χ0) is 21.8. The highest BCUT2D eigenvalue weighted by Gasteiger charge is 2.42. The van der Waals surface area contributed by atoms with Crippen LogP contribution in [-0.2, 0) is 22.2 Å². The average molecular weight is 440 g/mol. The molecule has 2 aromatic carbocycles. The molecule has 2 N–H and O–H groups in total. The summed E-state index contributed by atoms with van der Waals surface area (Å²) in [6.07, 6.45) is 3.15. The third kappa shape index (κ3) is 5.56. The van der Waals surface area contributed by atoms with Crippen LogP contribution < -0.4 is 9.46 Å². The Labute approximate surface area is 176 Å². The van der Waals surface area contributed by atoms with Gasteiger partial charge in [0.1, 0.15) is 29.6 Å². The van der Waals surface area contributed by atoms with Crippen molar-refractivity contribution in [1.82, 2.24) is 4.72 Å². The van der Waals surface area contributed by atoms with Gasteiger partial charge in [-0.3, -0.25) is 0 Å². The standard InChI is InChI=1S/C22H27F2NO4S/c1-2-11-30(27,28)25-21-5-3-4-10-22(21,26)17-6-8-20(9-7-17)29-15-16-12-18(23)14-19(24)13-16/h6-9,12-14,21,25-26H,2-5,10-11,15H2,1H3. The zero-order valence-corrected chi connectivity index (χ0v) is 17.7. The van der Waals surface area contributed by atoms with E-state index in [2.05, 4.69) is 4.72 Å². The summed E-state index contributed by atoms with van der Waals surface area (Å²) < 4.78 is 59.3. The fraction of sp³-hybridized carbons (Fsp3) is 0.455. The van der Waals surface area contributed by atoms with E-state index in [1.165, 1.54) is 12.1 Å². The van der Waals surface area contributed by atoms with Gasteiger partial charge in [0.05, 0.1) is 11.8 Å². The number of aliphatic hydroxyl groups is 1. The molecular weight excluding hydrogens is 412 g/mol. The number of benzene rings is 2. The monoisotopic (exact) mass is 439 g/mol. The Morgan fingerprint density at radius 3 is 2.43 bits per heavy atom. The number of nitrogens with one attached hydrogen (secondary N) is 1. The Kier molecular flexibility index (Phi) is 7.10. The molecular formula is C22H27F2NO4S. The maximum atomic E-state index is 13.3. The Hall–Kier alpha value is -2.03. The third-order valence-corrected chi connectivity index (χ3v) is 6.94. The highest BCUT2D eigenvalue weighted by Crippen LogP contribution is 2.38. The number of ether oxygens (including phenoxy) is 1. The highest BCUT2D eigenvalue weighted by molar-refractivity contribution is 7.89. The fourth-order valence-corrected chi connectivity index (χ4v) is 5.30. The number of halogens is 2. The van der Waals surface area contributed by atoms with Gasteiger partial charge in [-0.1, -0.05) is 31.9 Å². The molecule has 2 unspecified atom stereocenters. The predicted molar refractivity (Wildman–Crippen MR) is 110 cm³/mol. The quantitative estimate of drug-likeness (QED) is 0.652. The van der Waals surface area contributed by atoms with Crippen LogP contribution in [0.1, 0.15) is 50.2 Å². The fourth-order valence-electron chi connectivity index (χ4n) is 3.90. The van der Waals surface area contributed by atoms with Crippen molar-refractivity contribution >= 4 is 10.0 Å². The topological polar surface area (TPSA) is 75.6 Å². The predicted octanol–water partition coefficient (Wildman–Crippen LogP) is 4.00. The molecule has 0 aliphatic heterocycles. The zero-order valence-electron chi connectivity index (χ0n) is 16.9. The summed E-state index contributed by atoms with van der Waals surface area (Å²) in [6.45, 7) is 1.79. The van der Waals surface area contributed by atoms with Gasteiger partial charge in [-0.15, -0.1) is 0 Å². The van der Waals surface area contributed by atoms with Crippen molar-refractivity contribution < 1.29 is 27.0 Å². The van der Waals surface area contributed by atoms with Gasteiger partial charge in [0.2, 0.25) is 10.0 Å². The van der Waals surface area contributed by atoms with Crippen LogP contribution in [0.4, 0.5) is 8.78 Å². The van der Waals surface area contributed by atoms with Gasteiger partial charge >= 0.3 is 0 Å². The minimum Gasteiger partial charge on any atom is -0.489 e. The van der Waals surface area contributed by atoms with E-state index in [0.29, 0.717) is 36.1 Å². The number of sulfonamides is 1. The summed E-state index contributed by atoms with van der Waals surface area (Å²) in [6, 6.07) is 9.34. The summed E-state index contributed by atoms with van der Waals surface area (Å²) in [7, 11) is -3.46. The minimum absolute atomic E-state index is 0.00225. The van der Waals surface area contributed by atoms with E-state index in [1.807, 2.05) is 0 Å². The van der Waals surface area contributed by atoms with Crippen LogP contribution in [0.2, 0.25) is 0 Å². The van der Waals surface area contributed by atoms with Crippen molar-refractivity contribution in [2.75, 3.05) is 5.75 Å². The van der Waals surface area contributed by atoms with Crippen molar-refractivity contribution in [3.8, 4) is 5.75 Å². The molecule has 0 radical (unpaired) electrons. The van der Waals surface area contributed by atoms with Crippen LogP contribution in [0, 0.1) is 11.6 Å². The van der Waals surface area contributed by atoms with E-state index in [0.717, 1.165) is 18.9 Å². The lowest BCUT2D eigenvalue weighted by Gasteiger charge is -2.40. The summed E-state index contributed by atoms with van der Waals surface area (Å²) in [4.78, 5) is 0. The minimum atomic E-state index is -3.46. The highest BCUT2D eigenvalue weighted by atomic mass is 32.2. The molecule has 0 saturated heterocycles. The first kappa shape index (κ1) is 22.7. The molecule has 3 rings (SSSR count). The van der Waals surface area contributed by atoms with Crippen LogP contribution >= 0.6 is 0 Å². The Morgan fingerprint density at radius 1 is 1.13 bits per heavy atom. The lowest BCUT2D eigenvalue weighted by molar-refractivity contribution is -0.0249. The van der Waals surface area contributed by atoms with Crippen molar-refractivity contribution in [3.63, 3.8) is 0 Å². The summed E-state index contributed by atoms with van der Waals surface area (Å²) >= 11 is 0. The van der Waals surface area contributed by atoms with Crippen molar-refractivity contribution in [1.29, 1.82) is 0 Å². The number of rotatable bonds is 8. The average Bonchev–Trinajstić information content (AvgIpc) is 2.68. The van der Waals surface area contributed by atoms with Gasteiger partial charge in [-0.25, -0.2) is 21.9 Å². The van der Waals surface area contributed by atoms with Crippen LogP contribution in [0.15, 0.2) is 42.5 Å². The SMILES string of the molecule is CCCS(=O)(=O)NC1CCCCC1(O)c1ccc(OCc2cc(F)cc(F)c2)cc1. The summed E-state index contributed by atoms with van der Waals surface area (Å²) in [5.74, 6) is -0.835. The first-order chi connectivity index (χ1) is 14.2. The lowest BCUT2D eigenvalue weighted by atomic mass is 9.76. The molecule has 2 atom stereocenters. The van der Waals surface area contributed by atoms with Crippen LogP contribution in [0.5, 0.6) is 5.75 Å². The van der Waals surface area contributed by atoms with E-state index in [4.69, 9.17) is 4.74 Å². The molecule has 0 bridgehead atoms. The molecule has 1 saturated carbocycles. The summed E-state index contributed by atoms with van der Waals surface area (Å²) in [5.41, 5.74) is -0.327. The molecule has 1 aliphatic carbocycles. The molecule has 1 aliphatic rings. The van der Waals surface area contributed by atoms with Gasteiger partial charge in [0, 0.05) is 6.07 Å². The van der Waals surface area contributed by atoms with Gasteiger partial charge in [0.25, 0.3) is 0 Å². The van der Waals surface area contributed by atoms with E-state index in [-0.39, 0.29) is 12.4 Å². The molecule has 164 valence electrons. The molecule has 8 heteroatoms. The normalized spacial score (nSPS) is 22.1. The van der Waals surface area contributed by atoms with Crippen LogP contribution in [0.3, 0.4) is 0 Å². The van der Waals surface area contributed by atoms with Crippen LogP contribution in [-0.4, -0.2) is 25.3 Å². The Morgan fingerprint density at radius 2 is 1.80 bits per heavy atom. The third-order valence-electron chi connectivity index (χ3n) is 5.35. The molecule has 2 aromatic rings. The van der Waals surface area contributed by atoms with Gasteiger partial charge < -0.3 is 9.84 Å². The molecule has 0 amide bonds. The first-order valence-electron chi connectivity index (χ1n) is 10.1. The molecule has 5 nitrogen and oxygen atoms in total. The van der Waals surface area contributed by atoms with E-state index >= 15 is 0 Å². The second-order valence-electron chi connectivity index (χ2n) is 7.75. The smallest absolute Gasteiger partial charge is 0.211 e. The van der Waals surface area contributed by atoms with Crippen LogP contribution in [0.25, 0.3) is 0 Å². The number of hydrogen-bond donors (Lipinski definition) is 2. The Bertz CT molecular complexity index is 945. The van der Waals surface area contributed by atoms with Gasteiger partial charge in [-0.05, 0) is 54.7 Å². The second-order valence-corrected chi connectivity index (χ2v) is 9.62. The second kappa shape index (κ2) is 9.41. The summed E-state index contributed by atoms with van der Waals surface area (Å²) in [5, 5.41) is 11.3. The van der Waals surface area contributed by atoms with Crippen molar-refractivity contribution in [3.05, 3.63) is 65.2 Å². The molecule has 30 heavy (non-hydrogen) atoms. The first-order valence-corrected chi connectivity index (χ1v) is 11.8. The van der Waals surface area contributed by atoms with E-state index < -0.39 is 33.3 Å². The van der Waals surface area contributed by atoms with E-state index in [1.54, 1.807) is 31.2 Å². The lowest BCUT2D eigenvalue weighted by Crippen LogP contribution is -2.52. The maximum Gasteiger partial charge on any atom is 0.211 e. The van der Waals surface area contributed by atoms with Gasteiger partial charge in [-0.2, -0.15) is 0 Å². The largest absolute Gasteiger partial charge is 0.489 e. The maximum absolute atomic E-state index is 13.3. The Balaban J connectivity index is 1.72. The molecule has 0 aromatic heterocycles. The molecule has 0 spiro atoms. The van der Waals surface area contributed by atoms with Gasteiger partial charge in [0.15, 0.2) is 0 Å². The number of hydrogen-bond acceptors (Lipinski definition) is 4. The van der Waals surface area contributed by atoms with Crippen molar-refractivity contribution in [2.24, 2.45) is 0 Å². The van der Waals surface area contributed by atoms with E-state index in [9.17, 15) is 22.3 Å².